The van der Waals surface area contributed by atoms with E-state index in [2.05, 4.69) is 12.2 Å². The van der Waals surface area contributed by atoms with Crippen molar-refractivity contribution in [1.82, 2.24) is 10.2 Å². The van der Waals surface area contributed by atoms with Gasteiger partial charge in [0.15, 0.2) is 0 Å². The van der Waals surface area contributed by atoms with Crippen LogP contribution in [0.5, 0.6) is 0 Å². The lowest BCUT2D eigenvalue weighted by molar-refractivity contribution is -0.148. The zero-order valence-corrected chi connectivity index (χ0v) is 13.0. The predicted molar refractivity (Wildman–Crippen MR) is 80.6 cm³/mol. The number of likely N-dealkylation sites (tertiary alicyclic amines) is 1. The van der Waals surface area contributed by atoms with Crippen molar-refractivity contribution in [2.45, 2.75) is 39.0 Å². The van der Waals surface area contributed by atoms with Gasteiger partial charge in [0, 0.05) is 31.6 Å². The number of amides is 2. The van der Waals surface area contributed by atoms with Gasteiger partial charge >= 0.3 is 0 Å². The van der Waals surface area contributed by atoms with Gasteiger partial charge in [-0.25, -0.2) is 0 Å². The highest BCUT2D eigenvalue weighted by Gasteiger charge is 2.43. The molecule has 2 rings (SSSR count). The van der Waals surface area contributed by atoms with Gasteiger partial charge in [-0.3, -0.25) is 9.59 Å². The Bertz CT molecular complexity index is 358. The summed E-state index contributed by atoms with van der Waals surface area (Å²) in [6.45, 7) is 4.40. The minimum absolute atomic E-state index is 0. The molecule has 3 N–H and O–H groups in total. The van der Waals surface area contributed by atoms with Crippen molar-refractivity contribution < 1.29 is 9.59 Å². The zero-order chi connectivity index (χ0) is 13.9. The fourth-order valence-corrected chi connectivity index (χ4v) is 3.02. The molecule has 1 aliphatic carbocycles. The van der Waals surface area contributed by atoms with Gasteiger partial charge in [0.2, 0.25) is 11.8 Å². The second-order valence-electron chi connectivity index (χ2n) is 6.08. The van der Waals surface area contributed by atoms with E-state index in [4.69, 9.17) is 5.73 Å². The standard InChI is InChI=1S/C14H25N3O2.ClH/c1-14(5-3-6-14)13(19)17-9-2-4-11(10-17)12(18)16-8-7-15;/h11H,2-10,15H2,1H3,(H,16,18);1H. The number of nitrogens with zero attached hydrogens (tertiary/aromatic N) is 1. The first kappa shape index (κ1) is 17.2. The number of hydrogen-bond donors (Lipinski definition) is 2. The van der Waals surface area contributed by atoms with Crippen LogP contribution >= 0.6 is 12.4 Å². The Hall–Kier alpha value is -0.810. The van der Waals surface area contributed by atoms with E-state index in [-0.39, 0.29) is 35.6 Å². The van der Waals surface area contributed by atoms with E-state index < -0.39 is 0 Å². The lowest BCUT2D eigenvalue weighted by atomic mass is 9.69. The van der Waals surface area contributed by atoms with Crippen molar-refractivity contribution in [2.75, 3.05) is 26.2 Å². The van der Waals surface area contributed by atoms with Crippen LogP contribution in [-0.2, 0) is 9.59 Å². The van der Waals surface area contributed by atoms with Gasteiger partial charge in [0.25, 0.3) is 0 Å². The maximum absolute atomic E-state index is 12.5. The molecule has 0 aromatic rings. The molecular formula is C14H26ClN3O2. The molecule has 2 aliphatic rings. The van der Waals surface area contributed by atoms with E-state index in [1.54, 1.807) is 0 Å². The van der Waals surface area contributed by atoms with Crippen molar-refractivity contribution in [3.05, 3.63) is 0 Å². The average Bonchev–Trinajstić information content (AvgIpc) is 2.41. The molecule has 5 nitrogen and oxygen atoms in total. The van der Waals surface area contributed by atoms with Gasteiger partial charge in [0.1, 0.15) is 0 Å². The Labute approximate surface area is 127 Å². The SMILES string of the molecule is CC1(C(=O)N2CCCC(C(=O)NCCN)C2)CCC1.Cl. The van der Waals surface area contributed by atoms with E-state index in [0.29, 0.717) is 19.6 Å². The lowest BCUT2D eigenvalue weighted by Gasteiger charge is -2.43. The number of rotatable bonds is 4. The van der Waals surface area contributed by atoms with Gasteiger partial charge in [-0.15, -0.1) is 12.4 Å². The van der Waals surface area contributed by atoms with Crippen molar-refractivity contribution in [3.63, 3.8) is 0 Å². The maximum atomic E-state index is 12.5. The molecule has 6 heteroatoms. The van der Waals surface area contributed by atoms with E-state index in [1.165, 1.54) is 0 Å². The Morgan fingerprint density at radius 2 is 2.05 bits per heavy atom. The second-order valence-corrected chi connectivity index (χ2v) is 6.08. The van der Waals surface area contributed by atoms with Gasteiger partial charge in [0.05, 0.1) is 5.92 Å². The molecule has 20 heavy (non-hydrogen) atoms. The quantitative estimate of drug-likeness (QED) is 0.810. The molecule has 0 aromatic carbocycles. The zero-order valence-electron chi connectivity index (χ0n) is 12.2. The second kappa shape index (κ2) is 7.27. The van der Waals surface area contributed by atoms with Crippen LogP contribution in [0.2, 0.25) is 0 Å². The number of nitrogens with one attached hydrogen (secondary N) is 1. The van der Waals surface area contributed by atoms with Crippen molar-refractivity contribution in [2.24, 2.45) is 17.1 Å². The third-order valence-corrected chi connectivity index (χ3v) is 4.50. The van der Waals surface area contributed by atoms with Crippen molar-refractivity contribution >= 4 is 24.2 Å². The number of carbonyl (C=O) groups is 2. The van der Waals surface area contributed by atoms with Gasteiger partial charge in [-0.1, -0.05) is 13.3 Å². The van der Waals surface area contributed by atoms with E-state index >= 15 is 0 Å². The first-order chi connectivity index (χ1) is 9.07. The van der Waals surface area contributed by atoms with Gasteiger partial charge in [-0.2, -0.15) is 0 Å². The summed E-state index contributed by atoms with van der Waals surface area (Å²) in [5.41, 5.74) is 5.23. The maximum Gasteiger partial charge on any atom is 0.228 e. The molecule has 2 amide bonds. The molecule has 1 aliphatic heterocycles. The summed E-state index contributed by atoms with van der Waals surface area (Å²) in [4.78, 5) is 26.3. The summed E-state index contributed by atoms with van der Waals surface area (Å²) in [7, 11) is 0. The van der Waals surface area contributed by atoms with Crippen LogP contribution in [0.15, 0.2) is 0 Å². The van der Waals surface area contributed by atoms with E-state index in [9.17, 15) is 9.59 Å². The summed E-state index contributed by atoms with van der Waals surface area (Å²) in [5, 5.41) is 2.83. The summed E-state index contributed by atoms with van der Waals surface area (Å²) in [6.07, 6.45) is 4.93. The topological polar surface area (TPSA) is 75.4 Å². The first-order valence-electron chi connectivity index (χ1n) is 7.34. The van der Waals surface area contributed by atoms with Crippen LogP contribution in [0.25, 0.3) is 0 Å². The van der Waals surface area contributed by atoms with Crippen LogP contribution in [0.3, 0.4) is 0 Å². The largest absolute Gasteiger partial charge is 0.355 e. The van der Waals surface area contributed by atoms with Crippen molar-refractivity contribution in [1.29, 1.82) is 0 Å². The highest BCUT2D eigenvalue weighted by atomic mass is 35.5. The van der Waals surface area contributed by atoms with Crippen LogP contribution in [0.1, 0.15) is 39.0 Å². The molecule has 0 spiro atoms. The fraction of sp³-hybridized carbons (Fsp3) is 0.857. The molecule has 1 saturated heterocycles. The molecule has 0 radical (unpaired) electrons. The number of hydrogen-bond acceptors (Lipinski definition) is 3. The van der Waals surface area contributed by atoms with Crippen molar-refractivity contribution in [3.8, 4) is 0 Å². The predicted octanol–water partition coefficient (Wildman–Crippen LogP) is 0.912. The minimum atomic E-state index is -0.157. The van der Waals surface area contributed by atoms with Crippen LogP contribution in [0, 0.1) is 11.3 Å². The molecule has 1 saturated carbocycles. The molecule has 1 atom stereocenters. The monoisotopic (exact) mass is 303 g/mol. The summed E-state index contributed by atoms with van der Waals surface area (Å²) in [5.74, 6) is 0.227. The Kier molecular flexibility index (Phi) is 6.27. The third kappa shape index (κ3) is 3.64. The van der Waals surface area contributed by atoms with E-state index in [1.807, 2.05) is 4.90 Å². The molecular weight excluding hydrogens is 278 g/mol. The number of nitrogens with two attached hydrogens (primary N) is 1. The number of piperidine rings is 1. The van der Waals surface area contributed by atoms with Gasteiger partial charge in [-0.05, 0) is 25.7 Å². The van der Waals surface area contributed by atoms with Crippen LogP contribution < -0.4 is 11.1 Å². The van der Waals surface area contributed by atoms with E-state index in [0.717, 1.165) is 38.6 Å². The fourth-order valence-electron chi connectivity index (χ4n) is 3.02. The summed E-state index contributed by atoms with van der Waals surface area (Å²) >= 11 is 0. The van der Waals surface area contributed by atoms with Crippen LogP contribution in [0.4, 0.5) is 0 Å². The molecule has 1 heterocycles. The average molecular weight is 304 g/mol. The minimum Gasteiger partial charge on any atom is -0.355 e. The highest BCUT2D eigenvalue weighted by Crippen LogP contribution is 2.42. The Morgan fingerprint density at radius 3 is 2.60 bits per heavy atom. The third-order valence-electron chi connectivity index (χ3n) is 4.50. The first-order valence-corrected chi connectivity index (χ1v) is 7.34. The van der Waals surface area contributed by atoms with Gasteiger partial charge < -0.3 is 16.0 Å². The molecule has 0 bridgehead atoms. The Morgan fingerprint density at radius 1 is 1.35 bits per heavy atom. The molecule has 2 fully saturated rings. The molecule has 1 unspecified atom stereocenters. The Balaban J connectivity index is 0.00000200. The highest BCUT2D eigenvalue weighted by molar-refractivity contribution is 5.85. The molecule has 116 valence electrons. The normalized spacial score (nSPS) is 24.3. The number of carbonyl (C=O) groups excluding carboxylic acids is 2. The summed E-state index contributed by atoms with van der Waals surface area (Å²) < 4.78 is 0. The van der Waals surface area contributed by atoms with Crippen LogP contribution in [-0.4, -0.2) is 42.9 Å². The smallest absolute Gasteiger partial charge is 0.228 e. The summed E-state index contributed by atoms with van der Waals surface area (Å²) in [6, 6.07) is 0. The number of halogens is 1. The lowest BCUT2D eigenvalue weighted by Crippen LogP contribution is -2.52. The molecule has 0 aromatic heterocycles.